The number of halogens is 3. The molecule has 2 fully saturated rings. The third-order valence-corrected chi connectivity index (χ3v) is 12.6. The van der Waals surface area contributed by atoms with Crippen molar-refractivity contribution in [3.05, 3.63) is 113 Å². The number of alkyl halides is 3. The fraction of sp³-hybridized carbons (Fsp3) is 0.388. The number of carbonyl (C=O) groups is 4. The van der Waals surface area contributed by atoms with E-state index < -0.39 is 12.1 Å². The van der Waals surface area contributed by atoms with Crippen molar-refractivity contribution in [3.8, 4) is 28.1 Å². The molecule has 0 saturated carbocycles. The molecule has 2 aliphatic rings. The maximum Gasteiger partial charge on any atom is 0.490 e. The predicted molar refractivity (Wildman–Crippen MR) is 251 cm³/mol. The van der Waals surface area contributed by atoms with Crippen LogP contribution < -0.4 is 20.7 Å². The monoisotopic (exact) mass is 953 g/mol. The number of rotatable bonds is 14. The van der Waals surface area contributed by atoms with Gasteiger partial charge in [-0.05, 0) is 135 Å². The van der Waals surface area contributed by atoms with E-state index >= 15 is 0 Å². The average Bonchev–Trinajstić information content (AvgIpc) is 4.00. The van der Waals surface area contributed by atoms with Crippen LogP contribution in [0.3, 0.4) is 0 Å². The molecule has 0 radical (unpaired) electrons. The lowest BCUT2D eigenvalue weighted by Crippen LogP contribution is -2.47. The van der Waals surface area contributed by atoms with Gasteiger partial charge in [0.15, 0.2) is 0 Å². The second kappa shape index (κ2) is 21.5. The van der Waals surface area contributed by atoms with Crippen molar-refractivity contribution in [1.82, 2.24) is 39.5 Å². The lowest BCUT2D eigenvalue weighted by atomic mass is 9.89. The van der Waals surface area contributed by atoms with Crippen molar-refractivity contribution < 1.29 is 42.2 Å². The van der Waals surface area contributed by atoms with Gasteiger partial charge in [-0.15, -0.1) is 0 Å². The zero-order valence-electron chi connectivity index (χ0n) is 38.2. The molecule has 2 saturated heterocycles. The summed E-state index contributed by atoms with van der Waals surface area (Å²) in [6.07, 6.45) is 3.76. The summed E-state index contributed by atoms with van der Waals surface area (Å²) in [5.41, 5.74) is 8.93. The summed E-state index contributed by atoms with van der Waals surface area (Å²) in [4.78, 5) is 56.9. The van der Waals surface area contributed by atoms with Crippen LogP contribution in [0.25, 0.3) is 27.9 Å². The number of imide groups is 1. The third kappa shape index (κ3) is 12.8. The highest BCUT2D eigenvalue weighted by atomic mass is 32.1. The molecule has 3 aromatic heterocycles. The number of aromatic nitrogens is 5. The summed E-state index contributed by atoms with van der Waals surface area (Å²) >= 11 is 1.13. The number of nitrogens with zero attached hydrogens (tertiary/aromatic N) is 6. The molecule has 3 aromatic carbocycles. The van der Waals surface area contributed by atoms with E-state index in [0.717, 1.165) is 107 Å². The number of amides is 3. The molecule has 0 spiro atoms. The maximum atomic E-state index is 12.8. The standard InChI is InChI=1S/C47H53N9O4S.C2HF3O2/c1-30-25-34(7-8-35(30)27-48-44(59)45-53-46(54-61-45)47(2,3)4)42-40-26-36(28-56(40)50-29-49-42)32-11-15-38(16-12-32)60-24-6-5-21-55-22-19-33(20-23-55)31-9-13-37(14-10-31)51-39-17-18-41(57)52-43(39)58;3-2(4,5)1(6)7/h7-16,25-26,28-29,33,39,51H,5-6,17-24,27H2,1-4H3,(H,48,59)(H,52,57,58);(H,6,7). The van der Waals surface area contributed by atoms with Crippen LogP contribution in [0, 0.1) is 6.92 Å². The van der Waals surface area contributed by atoms with Crippen LogP contribution in [0.1, 0.15) is 97.5 Å². The number of aryl methyl sites for hydroxylation is 1. The fourth-order valence-electron chi connectivity index (χ4n) is 7.97. The number of anilines is 1. The van der Waals surface area contributed by atoms with Crippen LogP contribution in [-0.2, 0) is 26.3 Å². The second-order valence-corrected chi connectivity index (χ2v) is 18.7. The van der Waals surface area contributed by atoms with E-state index in [9.17, 15) is 27.6 Å². The number of benzene rings is 3. The Kier molecular flexibility index (Phi) is 15.5. The Morgan fingerprint density at radius 2 is 1.63 bits per heavy atom. The topological polar surface area (TPSA) is 193 Å². The van der Waals surface area contributed by atoms with Gasteiger partial charge in [0, 0.05) is 41.4 Å². The summed E-state index contributed by atoms with van der Waals surface area (Å²) in [5.74, 6) is -1.36. The number of carboxylic acid groups (broad SMARTS) is 1. The number of unbranched alkanes of at least 4 members (excludes halogenated alkanes) is 1. The van der Waals surface area contributed by atoms with Crippen molar-refractivity contribution in [2.45, 2.75) is 96.3 Å². The van der Waals surface area contributed by atoms with Gasteiger partial charge in [-0.2, -0.15) is 22.6 Å². The van der Waals surface area contributed by atoms with Gasteiger partial charge in [0.1, 0.15) is 23.9 Å². The average molecular weight is 954 g/mol. The molecular weight excluding hydrogens is 900 g/mol. The Morgan fingerprint density at radius 1 is 0.926 bits per heavy atom. The molecule has 6 aromatic rings. The van der Waals surface area contributed by atoms with Gasteiger partial charge in [0.25, 0.3) is 5.91 Å². The van der Waals surface area contributed by atoms with Gasteiger partial charge < -0.3 is 25.4 Å². The van der Waals surface area contributed by atoms with Crippen LogP contribution >= 0.6 is 11.5 Å². The van der Waals surface area contributed by atoms with Gasteiger partial charge >= 0.3 is 12.1 Å². The summed E-state index contributed by atoms with van der Waals surface area (Å²) in [6.45, 7) is 12.4. The Bertz CT molecular complexity index is 2730. The first-order valence-corrected chi connectivity index (χ1v) is 23.2. The van der Waals surface area contributed by atoms with E-state index in [1.165, 1.54) is 5.56 Å². The van der Waals surface area contributed by atoms with Crippen LogP contribution in [0.2, 0.25) is 0 Å². The number of carboxylic acids is 1. The quantitative estimate of drug-likeness (QED) is 0.0604. The number of hydrogen-bond donors (Lipinski definition) is 4. The molecule has 4 N–H and O–H groups in total. The fourth-order valence-corrected chi connectivity index (χ4v) is 8.74. The lowest BCUT2D eigenvalue weighted by Gasteiger charge is -2.32. The zero-order valence-corrected chi connectivity index (χ0v) is 39.0. The Hall–Kier alpha value is -6.73. The molecule has 8 rings (SSSR count). The molecule has 15 nitrogen and oxygen atoms in total. The van der Waals surface area contributed by atoms with Gasteiger partial charge in [-0.25, -0.2) is 19.3 Å². The van der Waals surface area contributed by atoms with Crippen LogP contribution in [0.4, 0.5) is 18.9 Å². The number of fused-ring (bicyclic) bond motifs is 1. The number of aliphatic carboxylic acids is 1. The first-order chi connectivity index (χ1) is 32.4. The molecule has 3 amide bonds. The Labute approximate surface area is 395 Å². The lowest BCUT2D eigenvalue weighted by molar-refractivity contribution is -0.192. The summed E-state index contributed by atoms with van der Waals surface area (Å²) in [7, 11) is 0. The molecule has 1 unspecified atom stereocenters. The summed E-state index contributed by atoms with van der Waals surface area (Å²) < 4.78 is 44.1. The van der Waals surface area contributed by atoms with Gasteiger partial charge in [0.2, 0.25) is 16.8 Å². The summed E-state index contributed by atoms with van der Waals surface area (Å²) in [5, 5.41) is 20.7. The Balaban J connectivity index is 0.000000908. The van der Waals surface area contributed by atoms with E-state index in [4.69, 9.17) is 14.6 Å². The van der Waals surface area contributed by atoms with E-state index in [1.807, 2.05) is 74.8 Å². The summed E-state index contributed by atoms with van der Waals surface area (Å²) in [6, 6.07) is 24.6. The number of likely N-dealkylation sites (tertiary alicyclic amines) is 1. The molecule has 5 heterocycles. The zero-order chi connectivity index (χ0) is 48.6. The van der Waals surface area contributed by atoms with Gasteiger partial charge in [-0.1, -0.05) is 57.2 Å². The molecular formula is C49H54F3N9O6S. The van der Waals surface area contributed by atoms with Crippen LogP contribution in [0.15, 0.2) is 85.3 Å². The van der Waals surface area contributed by atoms with Crippen molar-refractivity contribution in [1.29, 1.82) is 0 Å². The molecule has 0 bridgehead atoms. The first kappa shape index (κ1) is 49.2. The molecule has 0 aliphatic carbocycles. The van der Waals surface area contributed by atoms with Gasteiger partial charge in [-0.3, -0.25) is 19.7 Å². The minimum Gasteiger partial charge on any atom is -0.494 e. The van der Waals surface area contributed by atoms with Crippen LogP contribution in [-0.4, -0.2) is 96.1 Å². The molecule has 358 valence electrons. The number of piperidine rings is 2. The first-order valence-electron chi connectivity index (χ1n) is 22.4. The minimum absolute atomic E-state index is 0.200. The smallest absolute Gasteiger partial charge is 0.490 e. The van der Waals surface area contributed by atoms with Gasteiger partial charge in [0.05, 0.1) is 17.8 Å². The van der Waals surface area contributed by atoms with Crippen molar-refractivity contribution in [2.24, 2.45) is 0 Å². The van der Waals surface area contributed by atoms with Crippen LogP contribution in [0.5, 0.6) is 5.75 Å². The highest BCUT2D eigenvalue weighted by Crippen LogP contribution is 2.32. The highest BCUT2D eigenvalue weighted by molar-refractivity contribution is 7.07. The van der Waals surface area contributed by atoms with E-state index in [1.54, 1.807) is 6.33 Å². The molecule has 1 atom stereocenters. The third-order valence-electron chi connectivity index (χ3n) is 11.9. The normalized spacial score (nSPS) is 15.9. The number of ether oxygens (including phenoxy) is 1. The second-order valence-electron chi connectivity index (χ2n) is 17.9. The van der Waals surface area contributed by atoms with Crippen molar-refractivity contribution >= 4 is 46.4 Å². The molecule has 2 aliphatic heterocycles. The SMILES string of the molecule is Cc1cc(-c2ncnn3cc(-c4ccc(OCCCCN5CCC(c6ccc(NC7CCC(=O)NC7=O)cc6)CC5)cc4)cc23)ccc1CNC(=O)c1nc(C(C)(C)C)ns1.O=C(O)C(F)(F)F. The number of carbonyl (C=O) groups excluding carboxylic acids is 3. The number of nitrogens with one attached hydrogen (secondary N) is 3. The molecule has 68 heavy (non-hydrogen) atoms. The van der Waals surface area contributed by atoms with Crippen molar-refractivity contribution in [2.75, 3.05) is 31.6 Å². The highest BCUT2D eigenvalue weighted by Gasteiger charge is 2.38. The number of hydrogen-bond acceptors (Lipinski definition) is 12. The maximum absolute atomic E-state index is 12.8. The van der Waals surface area contributed by atoms with Crippen molar-refractivity contribution in [3.63, 3.8) is 0 Å². The minimum atomic E-state index is -5.08. The van der Waals surface area contributed by atoms with E-state index in [-0.39, 0.29) is 29.2 Å². The molecule has 19 heteroatoms. The van der Waals surface area contributed by atoms with E-state index in [2.05, 4.69) is 76.7 Å². The predicted octanol–water partition coefficient (Wildman–Crippen LogP) is 8.34. The Morgan fingerprint density at radius 3 is 2.28 bits per heavy atom. The largest absolute Gasteiger partial charge is 0.494 e. The van der Waals surface area contributed by atoms with E-state index in [0.29, 0.717) is 42.7 Å².